The molecule has 126 valence electrons. The molecule has 0 N–H and O–H groups in total. The molecule has 0 amide bonds. The molecule has 0 atom stereocenters. The van der Waals surface area contributed by atoms with Gasteiger partial charge in [-0.1, -0.05) is 11.3 Å². The van der Waals surface area contributed by atoms with Crippen molar-refractivity contribution in [3.63, 3.8) is 0 Å². The van der Waals surface area contributed by atoms with E-state index in [2.05, 4.69) is 14.9 Å². The summed E-state index contributed by atoms with van der Waals surface area (Å²) in [5, 5.41) is 5.49. The van der Waals surface area contributed by atoms with Crippen LogP contribution in [0, 0.1) is 12.7 Å². The summed E-state index contributed by atoms with van der Waals surface area (Å²) in [6, 6.07) is 6.78. The minimum Gasteiger partial charge on any atom is -0.370 e. The van der Waals surface area contributed by atoms with Gasteiger partial charge in [0.15, 0.2) is 10.8 Å². The molecule has 1 fully saturated rings. The highest BCUT2D eigenvalue weighted by Crippen LogP contribution is 2.31. The van der Waals surface area contributed by atoms with Gasteiger partial charge in [-0.2, -0.15) is 5.10 Å². The van der Waals surface area contributed by atoms with Gasteiger partial charge in [0.2, 0.25) is 0 Å². The number of aromatic nitrogens is 3. The highest BCUT2D eigenvalue weighted by Gasteiger charge is 2.20. The first-order valence-electron chi connectivity index (χ1n) is 8.17. The molecule has 1 aliphatic heterocycles. The van der Waals surface area contributed by atoms with E-state index in [0.717, 1.165) is 54.8 Å². The largest absolute Gasteiger partial charge is 0.370 e. The highest BCUT2D eigenvalue weighted by atomic mass is 32.1. The van der Waals surface area contributed by atoms with Crippen LogP contribution in [0.3, 0.4) is 0 Å². The molecule has 1 aliphatic rings. The Morgan fingerprint density at radius 1 is 1.04 bits per heavy atom. The molecule has 7 heteroatoms. The quantitative estimate of drug-likeness (QED) is 0.715. The summed E-state index contributed by atoms with van der Waals surface area (Å²) in [5.74, 6) is -0.186. The first kappa shape index (κ1) is 15.4. The van der Waals surface area contributed by atoms with E-state index in [9.17, 15) is 4.39 Å². The van der Waals surface area contributed by atoms with E-state index >= 15 is 0 Å². The lowest BCUT2D eigenvalue weighted by molar-refractivity contribution is 0.627. The van der Waals surface area contributed by atoms with Crippen molar-refractivity contribution >= 4 is 32.5 Å². The Morgan fingerprint density at radius 3 is 2.50 bits per heavy atom. The fourth-order valence-electron chi connectivity index (χ4n) is 3.23. The van der Waals surface area contributed by atoms with Crippen LogP contribution in [0.1, 0.15) is 12.1 Å². The fourth-order valence-corrected chi connectivity index (χ4v) is 4.31. The molecule has 0 unspecified atom stereocenters. The number of hydrogen-bond acceptors (Lipinski definition) is 5. The van der Waals surface area contributed by atoms with Crippen LogP contribution >= 0.6 is 11.3 Å². The molecule has 2 aromatic heterocycles. The topological polar surface area (TPSA) is 37.2 Å². The first-order chi connectivity index (χ1) is 11.6. The van der Waals surface area contributed by atoms with Crippen molar-refractivity contribution < 1.29 is 4.39 Å². The van der Waals surface area contributed by atoms with Gasteiger partial charge in [-0.25, -0.2) is 14.1 Å². The van der Waals surface area contributed by atoms with Crippen LogP contribution in [0.25, 0.3) is 10.3 Å². The maximum atomic E-state index is 13.1. The van der Waals surface area contributed by atoms with E-state index in [4.69, 9.17) is 4.98 Å². The van der Waals surface area contributed by atoms with E-state index in [1.165, 1.54) is 16.8 Å². The number of rotatable bonds is 2. The molecule has 5 nitrogen and oxygen atoms in total. The highest BCUT2D eigenvalue weighted by molar-refractivity contribution is 7.22. The average molecular weight is 345 g/mol. The summed E-state index contributed by atoms with van der Waals surface area (Å²) in [6.45, 7) is 5.84. The second kappa shape index (κ2) is 6.05. The van der Waals surface area contributed by atoms with Crippen molar-refractivity contribution in [3.8, 4) is 0 Å². The second-order valence-corrected chi connectivity index (χ2v) is 7.14. The SMILES string of the molecule is Cc1nn(C)c2nc(N3CCCN(c4ccc(F)cc4)CC3)sc12. The molecule has 1 aromatic carbocycles. The summed E-state index contributed by atoms with van der Waals surface area (Å²) in [5.41, 5.74) is 3.09. The third kappa shape index (κ3) is 2.73. The molecule has 4 rings (SSSR count). The monoisotopic (exact) mass is 345 g/mol. The molecule has 0 bridgehead atoms. The van der Waals surface area contributed by atoms with Crippen molar-refractivity contribution in [1.29, 1.82) is 0 Å². The number of anilines is 2. The molecule has 0 saturated carbocycles. The molecule has 0 spiro atoms. The van der Waals surface area contributed by atoms with Gasteiger partial charge in [0.05, 0.1) is 10.4 Å². The molecule has 3 aromatic rings. The van der Waals surface area contributed by atoms with E-state index in [-0.39, 0.29) is 5.82 Å². The lowest BCUT2D eigenvalue weighted by Crippen LogP contribution is -2.30. The Morgan fingerprint density at radius 2 is 1.75 bits per heavy atom. The smallest absolute Gasteiger partial charge is 0.188 e. The third-order valence-corrected chi connectivity index (χ3v) is 5.71. The Kier molecular flexibility index (Phi) is 3.88. The number of aryl methyl sites for hydroxylation is 2. The molecular weight excluding hydrogens is 325 g/mol. The summed E-state index contributed by atoms with van der Waals surface area (Å²) < 4.78 is 16.1. The Bertz CT molecular complexity index is 819. The number of halogens is 1. The van der Waals surface area contributed by atoms with Crippen molar-refractivity contribution in [2.45, 2.75) is 13.3 Å². The molecule has 24 heavy (non-hydrogen) atoms. The zero-order valence-electron chi connectivity index (χ0n) is 13.9. The van der Waals surface area contributed by atoms with Crippen LogP contribution in [0.15, 0.2) is 24.3 Å². The van der Waals surface area contributed by atoms with Crippen LogP contribution in [-0.4, -0.2) is 40.9 Å². The van der Waals surface area contributed by atoms with E-state index in [1.54, 1.807) is 11.3 Å². The predicted molar refractivity (Wildman–Crippen MR) is 96.6 cm³/mol. The van der Waals surface area contributed by atoms with Gasteiger partial charge in [-0.05, 0) is 37.6 Å². The standard InChI is InChI=1S/C17H20FN5S/c1-12-15-16(21(2)20-12)19-17(24-15)23-9-3-8-22(10-11-23)14-6-4-13(18)5-7-14/h4-7H,3,8-11H2,1-2H3. The normalized spacial score (nSPS) is 16.0. The second-order valence-electron chi connectivity index (χ2n) is 6.16. The Balaban J connectivity index is 1.53. The molecule has 0 radical (unpaired) electrons. The first-order valence-corrected chi connectivity index (χ1v) is 8.99. The van der Waals surface area contributed by atoms with E-state index in [0.29, 0.717) is 0 Å². The van der Waals surface area contributed by atoms with Crippen LogP contribution in [0.4, 0.5) is 15.2 Å². The van der Waals surface area contributed by atoms with Crippen molar-refractivity contribution in [3.05, 3.63) is 35.8 Å². The average Bonchev–Trinajstić information content (AvgIpc) is 3.01. The summed E-state index contributed by atoms with van der Waals surface area (Å²) in [6.07, 6.45) is 1.06. The van der Waals surface area contributed by atoms with Gasteiger partial charge in [0, 0.05) is 38.9 Å². The van der Waals surface area contributed by atoms with Crippen molar-refractivity contribution in [1.82, 2.24) is 14.8 Å². The number of thiazole rings is 1. The van der Waals surface area contributed by atoms with Crippen LogP contribution in [0.2, 0.25) is 0 Å². The maximum Gasteiger partial charge on any atom is 0.188 e. The predicted octanol–water partition coefficient (Wildman–Crippen LogP) is 3.19. The van der Waals surface area contributed by atoms with Gasteiger partial charge >= 0.3 is 0 Å². The van der Waals surface area contributed by atoms with Gasteiger partial charge in [0.1, 0.15) is 5.82 Å². The maximum absolute atomic E-state index is 13.1. The van der Waals surface area contributed by atoms with Crippen LogP contribution < -0.4 is 9.80 Å². The summed E-state index contributed by atoms with van der Waals surface area (Å²) >= 11 is 1.72. The van der Waals surface area contributed by atoms with Gasteiger partial charge in [-0.3, -0.25) is 0 Å². The zero-order valence-corrected chi connectivity index (χ0v) is 14.7. The third-order valence-electron chi connectivity index (χ3n) is 4.49. The van der Waals surface area contributed by atoms with Crippen molar-refractivity contribution in [2.24, 2.45) is 7.05 Å². The summed E-state index contributed by atoms with van der Waals surface area (Å²) in [7, 11) is 1.94. The lowest BCUT2D eigenvalue weighted by Gasteiger charge is -2.23. The van der Waals surface area contributed by atoms with Gasteiger partial charge < -0.3 is 9.80 Å². The van der Waals surface area contributed by atoms with Crippen LogP contribution in [-0.2, 0) is 7.05 Å². The number of hydrogen-bond donors (Lipinski definition) is 0. The Hall–Kier alpha value is -2.15. The van der Waals surface area contributed by atoms with E-state index < -0.39 is 0 Å². The fraction of sp³-hybridized carbons (Fsp3) is 0.412. The van der Waals surface area contributed by atoms with Crippen LogP contribution in [0.5, 0.6) is 0 Å². The van der Waals surface area contributed by atoms with Gasteiger partial charge in [-0.15, -0.1) is 0 Å². The number of nitrogens with zero attached hydrogens (tertiary/aromatic N) is 5. The summed E-state index contributed by atoms with van der Waals surface area (Å²) in [4.78, 5) is 9.46. The molecule has 3 heterocycles. The zero-order chi connectivity index (χ0) is 16.7. The van der Waals surface area contributed by atoms with Gasteiger partial charge in [0.25, 0.3) is 0 Å². The minimum absolute atomic E-state index is 0.186. The molecule has 1 saturated heterocycles. The van der Waals surface area contributed by atoms with Crippen molar-refractivity contribution in [2.75, 3.05) is 36.0 Å². The lowest BCUT2D eigenvalue weighted by atomic mass is 10.2. The van der Waals surface area contributed by atoms with E-state index in [1.807, 2.05) is 30.8 Å². The number of benzene rings is 1. The molecular formula is C17H20FN5S. The molecule has 0 aliphatic carbocycles. The number of fused-ring (bicyclic) bond motifs is 1. The Labute approximate surface area is 144 Å². The minimum atomic E-state index is -0.186.